The van der Waals surface area contributed by atoms with Gasteiger partial charge >= 0.3 is 0 Å². The number of hydrogen-bond donors (Lipinski definition) is 0. The second kappa shape index (κ2) is 17.9. The van der Waals surface area contributed by atoms with Crippen LogP contribution in [0, 0.1) is 24.3 Å². The van der Waals surface area contributed by atoms with E-state index in [0.717, 1.165) is 56.0 Å². The summed E-state index contributed by atoms with van der Waals surface area (Å²) in [5, 5.41) is 6.08. The summed E-state index contributed by atoms with van der Waals surface area (Å²) in [6.45, 7) is 6.88. The van der Waals surface area contributed by atoms with Gasteiger partial charge in [0, 0.05) is 79.3 Å². The summed E-state index contributed by atoms with van der Waals surface area (Å²) in [5.41, 5.74) is 6.82. The van der Waals surface area contributed by atoms with E-state index in [4.69, 9.17) is 4.98 Å². The van der Waals surface area contributed by atoms with Crippen LogP contribution in [-0.4, -0.2) is 36.0 Å². The summed E-state index contributed by atoms with van der Waals surface area (Å²) < 4.78 is 2.18. The number of hydrogen-bond acceptors (Lipinski definition) is 3. The molecule has 4 nitrogen and oxygen atoms in total. The Morgan fingerprint density at radius 2 is 1.30 bits per heavy atom. The van der Waals surface area contributed by atoms with E-state index in [1.54, 1.807) is 0 Å². The van der Waals surface area contributed by atoms with Gasteiger partial charge in [-0.05, 0) is 46.0 Å². The Morgan fingerprint density at radius 1 is 0.593 bits per heavy atom. The zero-order valence-corrected chi connectivity index (χ0v) is 36.4. The van der Waals surface area contributed by atoms with Crippen LogP contribution in [0.3, 0.4) is 0 Å². The number of nitrogens with zero attached hydrogens (tertiary/aromatic N) is 4. The molecule has 0 amide bonds. The summed E-state index contributed by atoms with van der Waals surface area (Å²) >= 11 is 0. The number of para-hydroxylation sites is 3. The van der Waals surface area contributed by atoms with Gasteiger partial charge in [0.05, 0.1) is 24.9 Å². The Morgan fingerprint density at radius 3 is 2.06 bits per heavy atom. The Labute approximate surface area is 359 Å². The first-order valence-electron chi connectivity index (χ1n) is 17.0. The van der Waals surface area contributed by atoms with Gasteiger partial charge in [-0.2, -0.15) is 5.56 Å². The van der Waals surface area contributed by atoms with Gasteiger partial charge in [0.1, 0.15) is 0 Å². The molecular formula is C46H34BIrN4SiY-4. The minimum absolute atomic E-state index is 0. The van der Waals surface area contributed by atoms with Gasteiger partial charge in [0.2, 0.25) is 0 Å². The third kappa shape index (κ3) is 8.62. The summed E-state index contributed by atoms with van der Waals surface area (Å²) in [6, 6.07) is 61.1. The van der Waals surface area contributed by atoms with Gasteiger partial charge in [-0.25, -0.2) is 6.07 Å². The van der Waals surface area contributed by atoms with Crippen LogP contribution in [0.25, 0.3) is 72.2 Å². The predicted octanol–water partition coefficient (Wildman–Crippen LogP) is 10.2. The van der Waals surface area contributed by atoms with Crippen LogP contribution in [0.5, 0.6) is 0 Å². The molecule has 9 aromatic rings. The second-order valence-corrected chi connectivity index (χ2v) is 18.5. The van der Waals surface area contributed by atoms with Crippen LogP contribution in [0.15, 0.2) is 152 Å². The standard InChI is InChI=1S/C33H19N2.C13H15N2Si.B.Ir.Y/c1-2-12-28(13-3-1)35-32-16-7-6-15-31(32)34-33(35)27-11-8-10-24(22-27)25-19-20-30-26(21-25)18-17-23-9-4-5-14-29(23)30;1-16(2,3)12-9-14-13(15-10-12)11-7-5-4-6-8-11;;;/h1-10,12-20H;4-7,9-10H,1-3H3;;;/q-3;-1;;;. The van der Waals surface area contributed by atoms with Crippen molar-refractivity contribution in [2.45, 2.75) is 19.6 Å². The van der Waals surface area contributed by atoms with Crippen molar-refractivity contribution in [1.82, 2.24) is 19.5 Å². The maximum atomic E-state index is 4.97. The van der Waals surface area contributed by atoms with Crippen molar-refractivity contribution < 1.29 is 52.8 Å². The van der Waals surface area contributed by atoms with E-state index in [2.05, 4.69) is 125 Å². The molecule has 0 saturated carbocycles. The Kier molecular flexibility index (Phi) is 13.5. The summed E-state index contributed by atoms with van der Waals surface area (Å²) in [7, 11) is -1.29. The predicted molar refractivity (Wildman–Crippen MR) is 218 cm³/mol. The van der Waals surface area contributed by atoms with E-state index in [0.29, 0.717) is 0 Å². The van der Waals surface area contributed by atoms with Crippen molar-refractivity contribution in [2.24, 2.45) is 0 Å². The van der Waals surface area contributed by atoms with Gasteiger partial charge in [-0.1, -0.05) is 85.7 Å². The van der Waals surface area contributed by atoms with Crippen LogP contribution < -0.4 is 5.19 Å². The first-order valence-corrected chi connectivity index (χ1v) is 20.5. The summed E-state index contributed by atoms with van der Waals surface area (Å²) in [5.74, 6) is 1.58. The van der Waals surface area contributed by atoms with Crippen molar-refractivity contribution in [3.8, 4) is 39.6 Å². The molecule has 2 heterocycles. The van der Waals surface area contributed by atoms with Crippen molar-refractivity contribution >= 4 is 54.3 Å². The molecule has 8 heteroatoms. The maximum Gasteiger partial charge on any atom is 0.0815 e. The van der Waals surface area contributed by atoms with Crippen LogP contribution in [0.1, 0.15) is 0 Å². The molecule has 5 radical (unpaired) electrons. The first-order chi connectivity index (χ1) is 24.9. The average Bonchev–Trinajstić information content (AvgIpc) is 3.58. The van der Waals surface area contributed by atoms with E-state index in [1.807, 2.05) is 85.2 Å². The van der Waals surface area contributed by atoms with Gasteiger partial charge in [0.15, 0.2) is 0 Å². The number of fused-ring (bicyclic) bond motifs is 4. The first kappa shape index (κ1) is 40.8. The Bertz CT molecular complexity index is 2630. The van der Waals surface area contributed by atoms with Crippen molar-refractivity contribution in [3.05, 3.63) is 176 Å². The zero-order valence-electron chi connectivity index (χ0n) is 30.2. The van der Waals surface area contributed by atoms with Crippen molar-refractivity contribution in [3.63, 3.8) is 0 Å². The quantitative estimate of drug-likeness (QED) is 0.0981. The van der Waals surface area contributed by atoms with Crippen molar-refractivity contribution in [2.75, 3.05) is 0 Å². The van der Waals surface area contributed by atoms with Crippen molar-refractivity contribution in [1.29, 1.82) is 0 Å². The fourth-order valence-electron chi connectivity index (χ4n) is 6.21. The Hall–Kier alpha value is -4.35. The molecule has 0 aliphatic rings. The van der Waals surface area contributed by atoms with Gasteiger partial charge in [-0.15, -0.1) is 65.5 Å². The van der Waals surface area contributed by atoms with Gasteiger partial charge in [0.25, 0.3) is 0 Å². The van der Waals surface area contributed by atoms with E-state index >= 15 is 0 Å². The van der Waals surface area contributed by atoms with E-state index in [9.17, 15) is 0 Å². The van der Waals surface area contributed by atoms with E-state index in [1.165, 1.54) is 21.3 Å². The van der Waals surface area contributed by atoms with E-state index in [-0.39, 0.29) is 61.2 Å². The van der Waals surface area contributed by atoms with Gasteiger partial charge < -0.3 is 15.6 Å². The zero-order chi connectivity index (χ0) is 34.8. The number of imidazole rings is 1. The fraction of sp³-hybridized carbons (Fsp3) is 0.0652. The normalized spacial score (nSPS) is 10.8. The molecular weight excluding hydrogens is 929 g/mol. The fourth-order valence-corrected chi connectivity index (χ4v) is 7.12. The summed E-state index contributed by atoms with van der Waals surface area (Å²) in [6.07, 6.45) is 3.91. The van der Waals surface area contributed by atoms with E-state index < -0.39 is 8.07 Å². The largest absolute Gasteiger partial charge is 0.374 e. The third-order valence-electron chi connectivity index (χ3n) is 8.95. The summed E-state index contributed by atoms with van der Waals surface area (Å²) in [4.78, 5) is 13.8. The van der Waals surface area contributed by atoms with Crippen LogP contribution in [-0.2, 0) is 52.8 Å². The molecule has 0 fully saturated rings. The number of benzene rings is 7. The molecule has 0 atom stereocenters. The molecule has 0 bridgehead atoms. The smallest absolute Gasteiger partial charge is 0.0815 e. The van der Waals surface area contributed by atoms with Gasteiger partial charge in [-0.3, -0.25) is 33.2 Å². The molecule has 2 aromatic heterocycles. The SMILES string of the molecule is C[Si](C)(C)c1cnc(-c2[c-]cccc2)nc1.[B].[Ir].[Y].[c-]1ccc(-c2[c-]c3ccc4ccccc4c3cc2)[c-]c1-c1nc2ccccc2n1-c1ccccc1. The Balaban J connectivity index is 0.000000252. The molecule has 0 saturated heterocycles. The molecule has 7 aromatic carbocycles. The number of rotatable bonds is 5. The minimum Gasteiger partial charge on any atom is -0.374 e. The molecule has 261 valence electrons. The minimum atomic E-state index is -1.29. The maximum absolute atomic E-state index is 4.97. The topological polar surface area (TPSA) is 43.6 Å². The molecule has 9 rings (SSSR count). The molecule has 0 spiro atoms. The second-order valence-electron chi connectivity index (χ2n) is 13.4. The van der Waals surface area contributed by atoms with Crippen LogP contribution in [0.2, 0.25) is 19.6 Å². The third-order valence-corrected chi connectivity index (χ3v) is 10.9. The molecule has 54 heavy (non-hydrogen) atoms. The molecule has 0 aliphatic heterocycles. The van der Waals surface area contributed by atoms with Crippen LogP contribution >= 0.6 is 0 Å². The molecule has 0 aliphatic carbocycles. The average molecular weight is 963 g/mol. The van der Waals surface area contributed by atoms with Crippen LogP contribution in [0.4, 0.5) is 0 Å². The molecule has 0 N–H and O–H groups in total. The number of aromatic nitrogens is 4. The monoisotopic (exact) mass is 963 g/mol. The molecule has 0 unspecified atom stereocenters.